The van der Waals surface area contributed by atoms with Crippen LogP contribution in [0.5, 0.6) is 0 Å². The van der Waals surface area contributed by atoms with Gasteiger partial charge in [0.15, 0.2) is 0 Å². The second-order valence-corrected chi connectivity index (χ2v) is 7.14. The van der Waals surface area contributed by atoms with Crippen molar-refractivity contribution in [3.8, 4) is 11.3 Å². The van der Waals surface area contributed by atoms with E-state index in [0.717, 1.165) is 30.2 Å². The molecule has 1 fully saturated rings. The molecule has 0 bridgehead atoms. The Kier molecular flexibility index (Phi) is 5.70. The first-order chi connectivity index (χ1) is 14.2. The van der Waals surface area contributed by atoms with Gasteiger partial charge in [-0.25, -0.2) is 4.98 Å². The monoisotopic (exact) mass is 387 g/mol. The number of hydrogen-bond acceptors (Lipinski definition) is 5. The molecular formula is C23H25N5O. The molecule has 6 heteroatoms. The van der Waals surface area contributed by atoms with Crippen LogP contribution in [0.25, 0.3) is 11.3 Å². The van der Waals surface area contributed by atoms with Crippen molar-refractivity contribution in [1.29, 1.82) is 0 Å². The highest BCUT2D eigenvalue weighted by Gasteiger charge is 2.21. The summed E-state index contributed by atoms with van der Waals surface area (Å²) in [7, 11) is 0. The molecule has 3 aromatic rings. The van der Waals surface area contributed by atoms with Crippen molar-refractivity contribution >= 4 is 17.7 Å². The topological polar surface area (TPSA) is 61.4 Å². The number of amides is 1. The molecule has 0 atom stereocenters. The van der Waals surface area contributed by atoms with Crippen molar-refractivity contribution in [3.05, 3.63) is 72.3 Å². The number of benzene rings is 2. The summed E-state index contributed by atoms with van der Waals surface area (Å²) < 4.78 is 0. The molecule has 1 saturated heterocycles. The zero-order valence-corrected chi connectivity index (χ0v) is 16.6. The maximum Gasteiger partial charge on any atom is 0.227 e. The van der Waals surface area contributed by atoms with E-state index in [1.807, 2.05) is 47.4 Å². The van der Waals surface area contributed by atoms with Gasteiger partial charge in [-0.1, -0.05) is 60.7 Å². The molecule has 1 aliphatic heterocycles. The predicted molar refractivity (Wildman–Crippen MR) is 116 cm³/mol. The minimum absolute atomic E-state index is 0.119. The third kappa shape index (κ3) is 4.71. The molecule has 148 valence electrons. The van der Waals surface area contributed by atoms with E-state index >= 15 is 0 Å². The lowest BCUT2D eigenvalue weighted by molar-refractivity contribution is -0.129. The number of rotatable bonds is 5. The predicted octanol–water partition coefficient (Wildman–Crippen LogP) is 3.42. The molecule has 1 amide bonds. The summed E-state index contributed by atoms with van der Waals surface area (Å²) in [6.45, 7) is 5.17. The lowest BCUT2D eigenvalue weighted by Crippen LogP contribution is -2.48. The van der Waals surface area contributed by atoms with Crippen molar-refractivity contribution in [3.63, 3.8) is 0 Å². The van der Waals surface area contributed by atoms with E-state index < -0.39 is 0 Å². The lowest BCUT2D eigenvalue weighted by Gasteiger charge is -2.34. The molecule has 0 unspecified atom stereocenters. The van der Waals surface area contributed by atoms with Gasteiger partial charge in [-0.2, -0.15) is 4.98 Å². The minimum Gasteiger partial charge on any atom is -0.366 e. The molecule has 1 aliphatic rings. The quantitative estimate of drug-likeness (QED) is 0.727. The van der Waals surface area contributed by atoms with Gasteiger partial charge in [0, 0.05) is 51.3 Å². The fourth-order valence-corrected chi connectivity index (χ4v) is 3.43. The summed E-state index contributed by atoms with van der Waals surface area (Å²) in [5.41, 5.74) is 3.14. The van der Waals surface area contributed by atoms with Crippen LogP contribution in [0.1, 0.15) is 12.5 Å². The third-order valence-corrected chi connectivity index (χ3v) is 5.11. The van der Waals surface area contributed by atoms with Gasteiger partial charge in [-0.3, -0.25) is 4.79 Å². The largest absolute Gasteiger partial charge is 0.366 e. The molecule has 2 aromatic carbocycles. The number of piperazine rings is 1. The maximum atomic E-state index is 11.6. The average Bonchev–Trinajstić information content (AvgIpc) is 2.79. The van der Waals surface area contributed by atoms with Crippen LogP contribution in [0.2, 0.25) is 0 Å². The van der Waals surface area contributed by atoms with Gasteiger partial charge in [0.1, 0.15) is 5.82 Å². The average molecular weight is 387 g/mol. The highest BCUT2D eigenvalue weighted by molar-refractivity contribution is 5.73. The van der Waals surface area contributed by atoms with Gasteiger partial charge < -0.3 is 15.1 Å². The number of anilines is 2. The van der Waals surface area contributed by atoms with E-state index in [1.54, 1.807) is 6.92 Å². The van der Waals surface area contributed by atoms with Crippen LogP contribution < -0.4 is 10.2 Å². The van der Waals surface area contributed by atoms with Crippen LogP contribution in [0.4, 0.5) is 11.8 Å². The number of hydrogen-bond donors (Lipinski definition) is 1. The highest BCUT2D eigenvalue weighted by Crippen LogP contribution is 2.24. The Balaban J connectivity index is 1.59. The smallest absolute Gasteiger partial charge is 0.227 e. The van der Waals surface area contributed by atoms with E-state index in [0.29, 0.717) is 25.6 Å². The van der Waals surface area contributed by atoms with Gasteiger partial charge >= 0.3 is 0 Å². The summed E-state index contributed by atoms with van der Waals surface area (Å²) >= 11 is 0. The third-order valence-electron chi connectivity index (χ3n) is 5.11. The summed E-state index contributed by atoms with van der Waals surface area (Å²) in [6.07, 6.45) is 0. The van der Waals surface area contributed by atoms with Crippen LogP contribution >= 0.6 is 0 Å². The molecule has 1 aromatic heterocycles. The summed E-state index contributed by atoms with van der Waals surface area (Å²) in [4.78, 5) is 25.2. The second-order valence-electron chi connectivity index (χ2n) is 7.14. The zero-order valence-electron chi connectivity index (χ0n) is 16.6. The van der Waals surface area contributed by atoms with E-state index in [9.17, 15) is 4.79 Å². The first kappa shape index (κ1) is 18.9. The van der Waals surface area contributed by atoms with E-state index in [2.05, 4.69) is 34.5 Å². The molecule has 0 aliphatic carbocycles. The van der Waals surface area contributed by atoms with Crippen molar-refractivity contribution in [2.45, 2.75) is 13.5 Å². The van der Waals surface area contributed by atoms with Crippen molar-refractivity contribution in [2.75, 3.05) is 36.4 Å². The van der Waals surface area contributed by atoms with E-state index in [-0.39, 0.29) is 5.91 Å². The molecule has 0 radical (unpaired) electrons. The Labute approximate surface area is 171 Å². The molecular weight excluding hydrogens is 362 g/mol. The molecule has 0 saturated carbocycles. The standard InChI is InChI=1S/C23H25N5O/c1-18(29)27-12-14-28(15-13-27)23-25-21(20-10-6-3-7-11-20)16-22(26-23)24-17-19-8-4-2-5-9-19/h2-11,16H,12-15,17H2,1H3,(H,24,25,26). The molecule has 2 heterocycles. The van der Waals surface area contributed by atoms with Gasteiger partial charge in [0.05, 0.1) is 5.69 Å². The van der Waals surface area contributed by atoms with Gasteiger partial charge in [0.25, 0.3) is 0 Å². The van der Waals surface area contributed by atoms with Crippen molar-refractivity contribution < 1.29 is 4.79 Å². The normalized spacial score (nSPS) is 14.0. The van der Waals surface area contributed by atoms with Crippen molar-refractivity contribution in [2.24, 2.45) is 0 Å². The number of carbonyl (C=O) groups excluding carboxylic acids is 1. The van der Waals surface area contributed by atoms with Crippen LogP contribution in [0.3, 0.4) is 0 Å². The Morgan fingerprint density at radius 2 is 1.59 bits per heavy atom. The zero-order chi connectivity index (χ0) is 20.1. The van der Waals surface area contributed by atoms with E-state index in [4.69, 9.17) is 9.97 Å². The molecule has 29 heavy (non-hydrogen) atoms. The Morgan fingerprint density at radius 1 is 0.931 bits per heavy atom. The summed E-state index contributed by atoms with van der Waals surface area (Å²) in [5, 5.41) is 3.44. The SMILES string of the molecule is CC(=O)N1CCN(c2nc(NCc3ccccc3)cc(-c3ccccc3)n2)CC1. The number of nitrogens with zero attached hydrogens (tertiary/aromatic N) is 4. The molecule has 1 N–H and O–H groups in total. The summed E-state index contributed by atoms with van der Waals surface area (Å²) in [5.74, 6) is 1.62. The van der Waals surface area contributed by atoms with Gasteiger partial charge in [-0.15, -0.1) is 0 Å². The highest BCUT2D eigenvalue weighted by atomic mass is 16.2. The maximum absolute atomic E-state index is 11.6. The van der Waals surface area contributed by atoms with Crippen LogP contribution in [0.15, 0.2) is 66.7 Å². The van der Waals surface area contributed by atoms with E-state index in [1.165, 1.54) is 5.56 Å². The Hall–Kier alpha value is -3.41. The summed E-state index contributed by atoms with van der Waals surface area (Å²) in [6, 6.07) is 22.4. The minimum atomic E-state index is 0.119. The first-order valence-corrected chi connectivity index (χ1v) is 9.92. The van der Waals surface area contributed by atoms with Crippen LogP contribution in [0, 0.1) is 0 Å². The first-order valence-electron chi connectivity index (χ1n) is 9.92. The number of aromatic nitrogens is 2. The molecule has 4 rings (SSSR count). The molecule has 6 nitrogen and oxygen atoms in total. The fourth-order valence-electron chi connectivity index (χ4n) is 3.43. The van der Waals surface area contributed by atoms with Crippen LogP contribution in [-0.4, -0.2) is 47.0 Å². The van der Waals surface area contributed by atoms with Crippen molar-refractivity contribution in [1.82, 2.24) is 14.9 Å². The Morgan fingerprint density at radius 3 is 2.24 bits per heavy atom. The second kappa shape index (κ2) is 8.73. The van der Waals surface area contributed by atoms with Gasteiger partial charge in [-0.05, 0) is 5.56 Å². The lowest BCUT2D eigenvalue weighted by atomic mass is 10.1. The van der Waals surface area contributed by atoms with Gasteiger partial charge in [0.2, 0.25) is 11.9 Å². The van der Waals surface area contributed by atoms with Crippen LogP contribution in [-0.2, 0) is 11.3 Å². The fraction of sp³-hybridized carbons (Fsp3) is 0.261. The number of carbonyl (C=O) groups is 1. The molecule has 0 spiro atoms. The number of nitrogens with one attached hydrogen (secondary N) is 1. The Bertz CT molecular complexity index is 954.